The molecule has 10 aromatic rings. The van der Waals surface area contributed by atoms with Crippen LogP contribution in [0.5, 0.6) is 0 Å². The Bertz CT molecular complexity index is 2880. The van der Waals surface area contributed by atoms with Crippen molar-refractivity contribution in [3.05, 3.63) is 194 Å². The summed E-state index contributed by atoms with van der Waals surface area (Å²) in [5, 5.41) is 4.72. The Labute approximate surface area is 302 Å². The third kappa shape index (κ3) is 4.98. The number of furan rings is 1. The Morgan fingerprint density at radius 2 is 1.00 bits per heavy atom. The van der Waals surface area contributed by atoms with E-state index in [0.717, 1.165) is 39.0 Å². The summed E-state index contributed by atoms with van der Waals surface area (Å²) >= 11 is 0. The molecule has 0 atom stereocenters. The average Bonchev–Trinajstić information content (AvgIpc) is 3.75. The molecule has 2 aromatic heterocycles. The second-order valence-corrected chi connectivity index (χ2v) is 13.5. The van der Waals surface area contributed by atoms with Crippen LogP contribution in [-0.4, -0.2) is 4.57 Å². The third-order valence-corrected chi connectivity index (χ3v) is 10.3. The Hall–Kier alpha value is -6.84. The maximum Gasteiger partial charge on any atom is 0.159 e. The van der Waals surface area contributed by atoms with E-state index in [4.69, 9.17) is 4.42 Å². The van der Waals surface area contributed by atoms with Crippen LogP contribution in [0.3, 0.4) is 0 Å². The SMILES string of the molecule is Cc1ccc(-n2c3ccccc3c3cc(-c4ccc(N(c5ccc(-c6ccccc6)cc5)c5cccc6c5oc5ccccc56)cc4)ccc32)cc1. The highest BCUT2D eigenvalue weighted by Gasteiger charge is 2.20. The van der Waals surface area contributed by atoms with Gasteiger partial charge in [-0.05, 0) is 95.9 Å². The summed E-state index contributed by atoms with van der Waals surface area (Å²) in [5.41, 5.74) is 14.4. The Morgan fingerprint density at radius 3 is 1.75 bits per heavy atom. The first-order chi connectivity index (χ1) is 25.7. The average molecular weight is 667 g/mol. The minimum atomic E-state index is 0.871. The van der Waals surface area contributed by atoms with Crippen molar-refractivity contribution >= 4 is 60.8 Å². The zero-order valence-electron chi connectivity index (χ0n) is 28.7. The molecule has 0 unspecified atom stereocenters. The molecule has 0 aliphatic heterocycles. The molecule has 0 bridgehead atoms. The quantitative estimate of drug-likeness (QED) is 0.176. The first kappa shape index (κ1) is 30.0. The summed E-state index contributed by atoms with van der Waals surface area (Å²) < 4.78 is 8.94. The maximum absolute atomic E-state index is 6.57. The van der Waals surface area contributed by atoms with Gasteiger partial charge in [0.25, 0.3) is 0 Å². The van der Waals surface area contributed by atoms with E-state index in [-0.39, 0.29) is 0 Å². The monoisotopic (exact) mass is 666 g/mol. The van der Waals surface area contributed by atoms with E-state index in [1.54, 1.807) is 0 Å². The molecule has 0 N–H and O–H groups in total. The zero-order chi connectivity index (χ0) is 34.6. The van der Waals surface area contributed by atoms with Gasteiger partial charge in [-0.25, -0.2) is 0 Å². The van der Waals surface area contributed by atoms with E-state index in [0.29, 0.717) is 0 Å². The molecular formula is C49H34N2O. The number of nitrogens with zero attached hydrogens (tertiary/aromatic N) is 2. The van der Waals surface area contributed by atoms with Crippen LogP contribution in [0.1, 0.15) is 5.56 Å². The summed E-state index contributed by atoms with van der Waals surface area (Å²) in [6.45, 7) is 2.13. The van der Waals surface area contributed by atoms with Gasteiger partial charge in [0, 0.05) is 38.6 Å². The van der Waals surface area contributed by atoms with Gasteiger partial charge in [0.1, 0.15) is 5.58 Å². The van der Waals surface area contributed by atoms with Crippen LogP contribution in [0.4, 0.5) is 17.1 Å². The van der Waals surface area contributed by atoms with Crippen molar-refractivity contribution in [3.8, 4) is 27.9 Å². The van der Waals surface area contributed by atoms with Gasteiger partial charge in [0.05, 0.1) is 16.7 Å². The van der Waals surface area contributed by atoms with Crippen LogP contribution < -0.4 is 4.90 Å². The van der Waals surface area contributed by atoms with Gasteiger partial charge < -0.3 is 13.9 Å². The Morgan fingerprint density at radius 1 is 0.423 bits per heavy atom. The van der Waals surface area contributed by atoms with Gasteiger partial charge in [0.2, 0.25) is 0 Å². The number of hydrogen-bond donors (Lipinski definition) is 0. The number of rotatable bonds is 6. The Balaban J connectivity index is 1.09. The molecule has 0 saturated carbocycles. The highest BCUT2D eigenvalue weighted by molar-refractivity contribution is 6.11. The first-order valence-corrected chi connectivity index (χ1v) is 17.8. The van der Waals surface area contributed by atoms with Crippen LogP contribution in [0.2, 0.25) is 0 Å². The lowest BCUT2D eigenvalue weighted by Crippen LogP contribution is -2.10. The molecule has 10 rings (SSSR count). The standard InChI is InChI=1S/C49H34N2O/c1-33-18-25-40(26-19-33)51-45-15-7-5-12-41(45)44-32-37(24-31-46(44)51)36-22-29-39(30-23-36)50(38-27-20-35(21-28-38)34-10-3-2-4-11-34)47-16-9-14-43-42-13-6-8-17-48(42)52-49(43)47/h2-32H,1H3. The normalized spacial score (nSPS) is 11.6. The summed E-state index contributed by atoms with van der Waals surface area (Å²) in [6, 6.07) is 67.3. The van der Waals surface area contributed by atoms with E-state index in [2.05, 4.69) is 192 Å². The van der Waals surface area contributed by atoms with Crippen LogP contribution in [-0.2, 0) is 0 Å². The smallest absolute Gasteiger partial charge is 0.159 e. The highest BCUT2D eigenvalue weighted by atomic mass is 16.3. The zero-order valence-corrected chi connectivity index (χ0v) is 28.7. The summed E-state index contributed by atoms with van der Waals surface area (Å²) in [5.74, 6) is 0. The van der Waals surface area contributed by atoms with Crippen LogP contribution in [0.25, 0.3) is 71.7 Å². The fourth-order valence-electron chi connectivity index (χ4n) is 7.70. The van der Waals surface area contributed by atoms with E-state index in [9.17, 15) is 0 Å². The van der Waals surface area contributed by atoms with Crippen molar-refractivity contribution in [2.45, 2.75) is 6.92 Å². The second-order valence-electron chi connectivity index (χ2n) is 13.5. The summed E-state index contributed by atoms with van der Waals surface area (Å²) in [7, 11) is 0. The minimum Gasteiger partial charge on any atom is -0.454 e. The van der Waals surface area contributed by atoms with Crippen LogP contribution in [0, 0.1) is 6.92 Å². The van der Waals surface area contributed by atoms with Gasteiger partial charge >= 0.3 is 0 Å². The number of benzene rings is 8. The molecule has 8 aromatic carbocycles. The third-order valence-electron chi connectivity index (χ3n) is 10.3. The molecule has 52 heavy (non-hydrogen) atoms. The molecule has 0 radical (unpaired) electrons. The number of aryl methyl sites for hydroxylation is 1. The fraction of sp³-hybridized carbons (Fsp3) is 0.0204. The van der Waals surface area contributed by atoms with Crippen molar-refractivity contribution in [2.75, 3.05) is 4.90 Å². The van der Waals surface area contributed by atoms with Crippen molar-refractivity contribution < 1.29 is 4.42 Å². The molecule has 0 saturated heterocycles. The predicted octanol–water partition coefficient (Wildman–Crippen LogP) is 13.8. The van der Waals surface area contributed by atoms with E-state index >= 15 is 0 Å². The number of para-hydroxylation sites is 3. The molecule has 3 heteroatoms. The van der Waals surface area contributed by atoms with E-state index in [1.807, 2.05) is 12.1 Å². The topological polar surface area (TPSA) is 21.3 Å². The molecule has 0 aliphatic carbocycles. The van der Waals surface area contributed by atoms with Crippen molar-refractivity contribution in [3.63, 3.8) is 0 Å². The van der Waals surface area contributed by atoms with Crippen molar-refractivity contribution in [1.82, 2.24) is 4.57 Å². The lowest BCUT2D eigenvalue weighted by molar-refractivity contribution is 0.669. The number of hydrogen-bond acceptors (Lipinski definition) is 2. The fourth-order valence-corrected chi connectivity index (χ4v) is 7.70. The van der Waals surface area contributed by atoms with E-state index in [1.165, 1.54) is 55.3 Å². The molecule has 3 nitrogen and oxygen atoms in total. The molecule has 0 spiro atoms. The van der Waals surface area contributed by atoms with Gasteiger partial charge in [-0.1, -0.05) is 127 Å². The second kappa shape index (κ2) is 12.2. The largest absolute Gasteiger partial charge is 0.454 e. The number of aromatic nitrogens is 1. The van der Waals surface area contributed by atoms with E-state index < -0.39 is 0 Å². The first-order valence-electron chi connectivity index (χ1n) is 17.8. The summed E-state index contributed by atoms with van der Waals surface area (Å²) in [6.07, 6.45) is 0. The number of fused-ring (bicyclic) bond motifs is 6. The lowest BCUT2D eigenvalue weighted by atomic mass is 10.0. The highest BCUT2D eigenvalue weighted by Crippen LogP contribution is 2.43. The minimum absolute atomic E-state index is 0.871. The Kier molecular flexibility index (Phi) is 7.04. The molecular weight excluding hydrogens is 633 g/mol. The predicted molar refractivity (Wildman–Crippen MR) is 218 cm³/mol. The van der Waals surface area contributed by atoms with Crippen molar-refractivity contribution in [2.24, 2.45) is 0 Å². The lowest BCUT2D eigenvalue weighted by Gasteiger charge is -2.26. The van der Waals surface area contributed by atoms with Gasteiger partial charge in [-0.2, -0.15) is 0 Å². The molecule has 0 aliphatic rings. The summed E-state index contributed by atoms with van der Waals surface area (Å²) in [4.78, 5) is 2.31. The molecule has 0 amide bonds. The van der Waals surface area contributed by atoms with Gasteiger partial charge in [0.15, 0.2) is 5.58 Å². The molecule has 2 heterocycles. The van der Waals surface area contributed by atoms with Gasteiger partial charge in [-0.15, -0.1) is 0 Å². The maximum atomic E-state index is 6.57. The van der Waals surface area contributed by atoms with Crippen molar-refractivity contribution in [1.29, 1.82) is 0 Å². The van der Waals surface area contributed by atoms with Gasteiger partial charge in [-0.3, -0.25) is 0 Å². The molecule has 0 fully saturated rings. The molecule has 246 valence electrons. The number of anilines is 3. The van der Waals surface area contributed by atoms with Crippen LogP contribution in [0.15, 0.2) is 192 Å². The van der Waals surface area contributed by atoms with Crippen LogP contribution >= 0.6 is 0 Å².